The van der Waals surface area contributed by atoms with E-state index in [9.17, 15) is 4.79 Å². The van der Waals surface area contributed by atoms with E-state index in [0.717, 1.165) is 44.4 Å². The predicted octanol–water partition coefficient (Wildman–Crippen LogP) is 5.45. The molecule has 0 bridgehead atoms. The Labute approximate surface area is 192 Å². The SMILES string of the molecule is CCCCc1nc2c(sc3nc(C)cc(COC)c32)c(=O)n1/N=C/c1ccc(Br)cc1. The molecule has 0 radical (unpaired) electrons. The van der Waals surface area contributed by atoms with Crippen LogP contribution in [0, 0.1) is 6.92 Å². The van der Waals surface area contributed by atoms with E-state index in [1.54, 1.807) is 13.3 Å². The summed E-state index contributed by atoms with van der Waals surface area (Å²) in [5, 5.41) is 5.43. The van der Waals surface area contributed by atoms with Gasteiger partial charge < -0.3 is 4.74 Å². The minimum absolute atomic E-state index is 0.159. The van der Waals surface area contributed by atoms with Crippen molar-refractivity contribution >= 4 is 53.9 Å². The molecule has 31 heavy (non-hydrogen) atoms. The fraction of sp³-hybridized carbons (Fsp3) is 0.304. The van der Waals surface area contributed by atoms with Crippen LogP contribution in [-0.2, 0) is 17.8 Å². The number of aromatic nitrogens is 3. The number of pyridine rings is 1. The number of ether oxygens (including phenoxy) is 1. The third-order valence-electron chi connectivity index (χ3n) is 4.96. The monoisotopic (exact) mass is 498 g/mol. The minimum Gasteiger partial charge on any atom is -0.380 e. The lowest BCUT2D eigenvalue weighted by atomic mass is 10.1. The zero-order valence-corrected chi connectivity index (χ0v) is 20.1. The van der Waals surface area contributed by atoms with Crippen LogP contribution in [0.3, 0.4) is 0 Å². The van der Waals surface area contributed by atoms with Gasteiger partial charge in [0.15, 0.2) is 0 Å². The summed E-state index contributed by atoms with van der Waals surface area (Å²) in [6, 6.07) is 9.78. The number of fused-ring (bicyclic) bond motifs is 3. The topological polar surface area (TPSA) is 69.4 Å². The number of hydrogen-bond donors (Lipinski definition) is 0. The first kappa shape index (κ1) is 21.8. The van der Waals surface area contributed by atoms with Crippen molar-refractivity contribution in [3.63, 3.8) is 0 Å². The van der Waals surface area contributed by atoms with Gasteiger partial charge in [0.05, 0.1) is 18.3 Å². The number of benzene rings is 1. The molecule has 0 aliphatic rings. The van der Waals surface area contributed by atoms with E-state index in [2.05, 4.69) is 32.9 Å². The standard InChI is InChI=1S/C23H23BrN4O2S/c1-4-5-6-18-27-20-19-16(13-30-3)11-14(2)26-22(19)31-21(20)23(29)28(18)25-12-15-7-9-17(24)10-8-15/h7-12H,4-6,13H2,1-3H3/b25-12+. The van der Waals surface area contributed by atoms with Crippen LogP contribution in [0.15, 0.2) is 44.7 Å². The maximum atomic E-state index is 13.5. The first-order valence-electron chi connectivity index (χ1n) is 10.1. The molecule has 160 valence electrons. The van der Waals surface area contributed by atoms with Gasteiger partial charge in [-0.3, -0.25) is 4.79 Å². The number of nitrogens with zero attached hydrogens (tertiary/aromatic N) is 4. The second kappa shape index (κ2) is 9.38. The molecule has 8 heteroatoms. The lowest BCUT2D eigenvalue weighted by Crippen LogP contribution is -2.21. The highest BCUT2D eigenvalue weighted by molar-refractivity contribution is 9.10. The first-order chi connectivity index (χ1) is 15.0. The highest BCUT2D eigenvalue weighted by atomic mass is 79.9. The third-order valence-corrected chi connectivity index (χ3v) is 6.55. The summed E-state index contributed by atoms with van der Waals surface area (Å²) >= 11 is 4.81. The van der Waals surface area contributed by atoms with Gasteiger partial charge in [-0.2, -0.15) is 9.78 Å². The highest BCUT2D eigenvalue weighted by Crippen LogP contribution is 2.33. The van der Waals surface area contributed by atoms with Crippen molar-refractivity contribution in [2.45, 2.75) is 39.7 Å². The average molecular weight is 499 g/mol. The fourth-order valence-corrected chi connectivity index (χ4v) is 4.89. The summed E-state index contributed by atoms with van der Waals surface area (Å²) in [7, 11) is 1.67. The van der Waals surface area contributed by atoms with Crippen molar-refractivity contribution in [2.75, 3.05) is 7.11 Å². The molecular weight excluding hydrogens is 476 g/mol. The van der Waals surface area contributed by atoms with Gasteiger partial charge >= 0.3 is 0 Å². The van der Waals surface area contributed by atoms with E-state index in [1.165, 1.54) is 16.0 Å². The Hall–Kier alpha value is -2.42. The van der Waals surface area contributed by atoms with Crippen molar-refractivity contribution < 1.29 is 4.74 Å². The van der Waals surface area contributed by atoms with Crippen LogP contribution in [0.1, 0.15) is 42.4 Å². The van der Waals surface area contributed by atoms with Gasteiger partial charge in [0, 0.05) is 29.1 Å². The lowest BCUT2D eigenvalue weighted by Gasteiger charge is -2.08. The van der Waals surface area contributed by atoms with E-state index < -0.39 is 0 Å². The van der Waals surface area contributed by atoms with Crippen molar-refractivity contribution in [3.8, 4) is 0 Å². The number of thiophene rings is 1. The minimum atomic E-state index is -0.159. The number of hydrogen-bond acceptors (Lipinski definition) is 6. The molecular formula is C23H23BrN4O2S. The molecule has 1 aromatic carbocycles. The van der Waals surface area contributed by atoms with Crippen LogP contribution in [-0.4, -0.2) is 28.0 Å². The van der Waals surface area contributed by atoms with E-state index in [4.69, 9.17) is 9.72 Å². The van der Waals surface area contributed by atoms with E-state index >= 15 is 0 Å². The van der Waals surface area contributed by atoms with Gasteiger partial charge in [-0.1, -0.05) is 41.4 Å². The van der Waals surface area contributed by atoms with Crippen LogP contribution in [0.4, 0.5) is 0 Å². The van der Waals surface area contributed by atoms with Gasteiger partial charge in [0.1, 0.15) is 15.4 Å². The molecule has 3 heterocycles. The van der Waals surface area contributed by atoms with Crippen LogP contribution < -0.4 is 5.56 Å². The summed E-state index contributed by atoms with van der Waals surface area (Å²) in [6.07, 6.45) is 4.30. The Balaban J connectivity index is 1.93. The maximum absolute atomic E-state index is 13.5. The van der Waals surface area contributed by atoms with Gasteiger partial charge in [-0.25, -0.2) is 9.97 Å². The normalized spacial score (nSPS) is 11.9. The zero-order chi connectivity index (χ0) is 22.0. The molecule has 0 amide bonds. The smallest absolute Gasteiger partial charge is 0.292 e. The summed E-state index contributed by atoms with van der Waals surface area (Å²) in [5.41, 5.74) is 3.35. The highest BCUT2D eigenvalue weighted by Gasteiger charge is 2.19. The summed E-state index contributed by atoms with van der Waals surface area (Å²) in [4.78, 5) is 23.8. The quantitative estimate of drug-likeness (QED) is 0.317. The van der Waals surface area contributed by atoms with Gasteiger partial charge in [-0.15, -0.1) is 11.3 Å². The average Bonchev–Trinajstić information content (AvgIpc) is 3.11. The molecule has 0 saturated heterocycles. The molecule has 0 aliphatic carbocycles. The largest absolute Gasteiger partial charge is 0.380 e. The fourth-order valence-electron chi connectivity index (χ4n) is 3.50. The first-order valence-corrected chi connectivity index (χ1v) is 11.8. The summed E-state index contributed by atoms with van der Waals surface area (Å²) in [6.45, 7) is 4.52. The molecule has 4 aromatic rings. The number of unbranched alkanes of at least 4 members (excludes halogenated alkanes) is 1. The Kier molecular flexibility index (Phi) is 6.60. The molecule has 0 spiro atoms. The molecule has 0 saturated carbocycles. The second-order valence-corrected chi connectivity index (χ2v) is 9.28. The number of halogens is 1. The Morgan fingerprint density at radius 2 is 2.03 bits per heavy atom. The van der Waals surface area contributed by atoms with Crippen molar-refractivity contribution in [2.24, 2.45) is 5.10 Å². The van der Waals surface area contributed by atoms with Crippen LogP contribution in [0.5, 0.6) is 0 Å². The molecule has 0 N–H and O–H groups in total. The molecule has 4 rings (SSSR count). The Bertz CT molecular complexity index is 1330. The third kappa shape index (κ3) is 4.46. The predicted molar refractivity (Wildman–Crippen MR) is 130 cm³/mol. The van der Waals surface area contributed by atoms with Crippen LogP contribution in [0.25, 0.3) is 20.4 Å². The molecule has 0 unspecified atom stereocenters. The van der Waals surface area contributed by atoms with Crippen molar-refractivity contribution in [1.82, 2.24) is 14.6 Å². The van der Waals surface area contributed by atoms with Crippen LogP contribution >= 0.6 is 27.3 Å². The number of rotatable bonds is 7. The Morgan fingerprint density at radius 3 is 2.74 bits per heavy atom. The van der Waals surface area contributed by atoms with Crippen LogP contribution in [0.2, 0.25) is 0 Å². The van der Waals surface area contributed by atoms with Crippen molar-refractivity contribution in [3.05, 3.63) is 67.8 Å². The second-order valence-electron chi connectivity index (χ2n) is 7.36. The Morgan fingerprint density at radius 1 is 1.26 bits per heavy atom. The molecule has 6 nitrogen and oxygen atoms in total. The van der Waals surface area contributed by atoms with E-state index in [0.29, 0.717) is 29.1 Å². The van der Waals surface area contributed by atoms with Crippen molar-refractivity contribution in [1.29, 1.82) is 0 Å². The molecule has 0 atom stereocenters. The maximum Gasteiger partial charge on any atom is 0.292 e. The molecule has 0 aliphatic heterocycles. The summed E-state index contributed by atoms with van der Waals surface area (Å²) < 4.78 is 8.40. The zero-order valence-electron chi connectivity index (χ0n) is 17.7. The molecule has 3 aromatic heterocycles. The van der Waals surface area contributed by atoms with Gasteiger partial charge in [0.2, 0.25) is 0 Å². The van der Waals surface area contributed by atoms with E-state index in [1.807, 2.05) is 37.3 Å². The summed E-state index contributed by atoms with van der Waals surface area (Å²) in [5.74, 6) is 0.663. The number of methoxy groups -OCH3 is 1. The number of aryl methyl sites for hydroxylation is 2. The van der Waals surface area contributed by atoms with Gasteiger partial charge in [-0.05, 0) is 42.7 Å². The lowest BCUT2D eigenvalue weighted by molar-refractivity contribution is 0.186. The molecule has 0 fully saturated rings. The van der Waals surface area contributed by atoms with E-state index in [-0.39, 0.29) is 5.56 Å². The van der Waals surface area contributed by atoms with Gasteiger partial charge in [0.25, 0.3) is 5.56 Å².